The van der Waals surface area contributed by atoms with E-state index in [9.17, 15) is 45.6 Å². The molecular formula is C34H38F6N6O4S. The molecule has 1 amide bonds. The number of nitrogens with one attached hydrogen (secondary N) is 1. The zero-order chi connectivity index (χ0) is 37.5. The fourth-order valence-electron chi connectivity index (χ4n) is 6.03. The summed E-state index contributed by atoms with van der Waals surface area (Å²) in [5.74, 6) is -2.66. The first-order valence-electron chi connectivity index (χ1n) is 16.1. The topological polar surface area (TPSA) is 128 Å². The van der Waals surface area contributed by atoms with Crippen LogP contribution in [0.25, 0.3) is 22.3 Å². The van der Waals surface area contributed by atoms with E-state index >= 15 is 0 Å². The summed E-state index contributed by atoms with van der Waals surface area (Å²) < 4.78 is 99.6. The van der Waals surface area contributed by atoms with Gasteiger partial charge in [-0.2, -0.15) is 31.4 Å². The van der Waals surface area contributed by atoms with Gasteiger partial charge < -0.3 is 14.6 Å². The van der Waals surface area contributed by atoms with Crippen molar-refractivity contribution >= 4 is 28.3 Å². The highest BCUT2D eigenvalue weighted by Crippen LogP contribution is 2.39. The molecular weight excluding hydrogens is 702 g/mol. The van der Waals surface area contributed by atoms with E-state index in [1.807, 2.05) is 0 Å². The van der Waals surface area contributed by atoms with Gasteiger partial charge in [0.25, 0.3) is 5.56 Å². The summed E-state index contributed by atoms with van der Waals surface area (Å²) in [4.78, 5) is 32.1. The maximum absolute atomic E-state index is 13.9. The Balaban J connectivity index is 1.30. The molecule has 1 aliphatic heterocycles. The smallest absolute Gasteiger partial charge is 0.412 e. The summed E-state index contributed by atoms with van der Waals surface area (Å²) >= 11 is -2.00. The van der Waals surface area contributed by atoms with Crippen LogP contribution in [0.1, 0.15) is 63.1 Å². The number of alkyl halides is 6. The molecule has 2 aromatic carbocycles. The molecule has 2 aromatic heterocycles. The highest BCUT2D eigenvalue weighted by molar-refractivity contribution is 7.90. The number of nitrogens with zero attached hydrogens (tertiary/aromatic N) is 5. The fourth-order valence-corrected chi connectivity index (χ4v) is 6.87. The second kappa shape index (κ2) is 14.2. The summed E-state index contributed by atoms with van der Waals surface area (Å²) in [7, 11) is 1.54. The molecule has 17 heteroatoms. The second-order valence-electron chi connectivity index (χ2n) is 13.8. The predicted octanol–water partition coefficient (Wildman–Crippen LogP) is 5.54. The third kappa shape index (κ3) is 8.59. The summed E-state index contributed by atoms with van der Waals surface area (Å²) in [6.45, 7) is 4.42. The van der Waals surface area contributed by atoms with Crippen LogP contribution < -0.4 is 10.3 Å². The van der Waals surface area contributed by atoms with Crippen LogP contribution in [-0.4, -0.2) is 75.6 Å². The second-order valence-corrected chi connectivity index (χ2v) is 15.8. The SMILES string of the molecule is Cn1nc2c(=O)n(CC3(O)CCN(C(=O)CC(c4ccccc4)C(F)(F)F)CC3)cnc2c1-c1ccc(C(N[S@+]([O-])C(C)(C)C)C(F)(F)F)cc1. The van der Waals surface area contributed by atoms with Crippen molar-refractivity contribution in [2.75, 3.05) is 13.1 Å². The minimum absolute atomic E-state index is 0.00216. The molecule has 1 aliphatic rings. The van der Waals surface area contributed by atoms with Crippen molar-refractivity contribution in [1.29, 1.82) is 0 Å². The van der Waals surface area contributed by atoms with Gasteiger partial charge in [-0.25, -0.2) is 4.98 Å². The number of amides is 1. The fraction of sp³-hybridized carbons (Fsp3) is 0.471. The number of fused-ring (bicyclic) bond motifs is 1. The van der Waals surface area contributed by atoms with Gasteiger partial charge in [-0.1, -0.05) is 54.6 Å². The quantitative estimate of drug-likeness (QED) is 0.170. The van der Waals surface area contributed by atoms with Gasteiger partial charge in [0.05, 0.1) is 30.1 Å². The number of hydrogen-bond donors (Lipinski definition) is 2. The summed E-state index contributed by atoms with van der Waals surface area (Å²) in [6.07, 6.45) is -8.90. The van der Waals surface area contributed by atoms with E-state index in [4.69, 9.17) is 0 Å². The van der Waals surface area contributed by atoms with Crippen LogP contribution in [-0.2, 0) is 29.7 Å². The maximum atomic E-state index is 13.9. The Morgan fingerprint density at radius 2 is 1.57 bits per heavy atom. The van der Waals surface area contributed by atoms with Crippen molar-refractivity contribution in [2.45, 2.75) is 81.2 Å². The van der Waals surface area contributed by atoms with Crippen LogP contribution in [0.5, 0.6) is 0 Å². The number of carbonyl (C=O) groups is 1. The van der Waals surface area contributed by atoms with Gasteiger partial charge in [0.2, 0.25) is 5.91 Å². The van der Waals surface area contributed by atoms with E-state index in [-0.39, 0.29) is 54.6 Å². The Morgan fingerprint density at radius 1 is 0.961 bits per heavy atom. The summed E-state index contributed by atoms with van der Waals surface area (Å²) in [5.41, 5.74) is -1.33. The standard InChI is InChI=1S/C34H38F6N6O4S/c1-31(2,3)51(50)43-29(34(38,39)40)23-12-10-22(11-13-23)28-26-27(42-44(28)4)30(48)46(20-41-26)19-32(49)14-16-45(17-15-32)25(47)18-24(33(35,36)37)21-8-6-5-7-9-21/h5-13,20,24,29,43,49H,14-19H2,1-4H3/t24?,29?,51-/m1/s1. The van der Waals surface area contributed by atoms with Crippen molar-refractivity contribution in [3.8, 4) is 11.3 Å². The molecule has 4 aromatic rings. The van der Waals surface area contributed by atoms with Crippen molar-refractivity contribution in [2.24, 2.45) is 7.05 Å². The van der Waals surface area contributed by atoms with Gasteiger partial charge in [-0.3, -0.25) is 18.8 Å². The minimum Gasteiger partial charge on any atom is -0.598 e. The van der Waals surface area contributed by atoms with Crippen LogP contribution >= 0.6 is 0 Å². The molecule has 0 saturated carbocycles. The summed E-state index contributed by atoms with van der Waals surface area (Å²) in [6, 6.07) is 10.4. The largest absolute Gasteiger partial charge is 0.598 e. The summed E-state index contributed by atoms with van der Waals surface area (Å²) in [5, 5.41) is 15.6. The van der Waals surface area contributed by atoms with E-state index in [1.54, 1.807) is 33.9 Å². The maximum Gasteiger partial charge on any atom is 0.412 e. The zero-order valence-electron chi connectivity index (χ0n) is 28.3. The van der Waals surface area contributed by atoms with E-state index in [0.29, 0.717) is 11.3 Å². The lowest BCUT2D eigenvalue weighted by Crippen LogP contribution is -2.50. The van der Waals surface area contributed by atoms with Crippen molar-refractivity contribution in [3.05, 3.63) is 82.4 Å². The van der Waals surface area contributed by atoms with Crippen LogP contribution in [0.4, 0.5) is 26.3 Å². The Kier molecular flexibility index (Phi) is 10.7. The molecule has 2 unspecified atom stereocenters. The molecule has 0 aliphatic carbocycles. The molecule has 0 radical (unpaired) electrons. The number of likely N-dealkylation sites (tertiary alicyclic amines) is 1. The molecule has 3 heterocycles. The van der Waals surface area contributed by atoms with Crippen LogP contribution in [0, 0.1) is 0 Å². The average molecular weight is 741 g/mol. The predicted molar refractivity (Wildman–Crippen MR) is 179 cm³/mol. The molecule has 51 heavy (non-hydrogen) atoms. The Labute approximate surface area is 292 Å². The number of carbonyl (C=O) groups excluding carboxylic acids is 1. The van der Waals surface area contributed by atoms with Gasteiger partial charge in [-0.05, 0) is 44.7 Å². The molecule has 2 N–H and O–H groups in total. The first kappa shape index (κ1) is 38.3. The van der Waals surface area contributed by atoms with Gasteiger partial charge in [-0.15, -0.1) is 4.72 Å². The number of aliphatic hydroxyl groups is 1. The first-order chi connectivity index (χ1) is 23.7. The normalized spacial score (nSPS) is 17.4. The van der Waals surface area contributed by atoms with Crippen LogP contribution in [0.15, 0.2) is 65.7 Å². The Morgan fingerprint density at radius 3 is 2.12 bits per heavy atom. The molecule has 0 bridgehead atoms. The van der Waals surface area contributed by atoms with Crippen molar-refractivity contribution < 1.29 is 40.8 Å². The highest BCUT2D eigenvalue weighted by atomic mass is 32.2. The Bertz CT molecular complexity index is 1900. The third-order valence-electron chi connectivity index (χ3n) is 8.93. The molecule has 1 fully saturated rings. The Hall–Kier alpha value is -3.93. The monoisotopic (exact) mass is 740 g/mol. The molecule has 0 spiro atoms. The molecule has 10 nitrogen and oxygen atoms in total. The van der Waals surface area contributed by atoms with Gasteiger partial charge in [0.1, 0.15) is 10.3 Å². The minimum atomic E-state index is -4.73. The van der Waals surface area contributed by atoms with E-state index in [0.717, 1.165) is 0 Å². The van der Waals surface area contributed by atoms with Crippen molar-refractivity contribution in [3.63, 3.8) is 0 Å². The van der Waals surface area contributed by atoms with Crippen LogP contribution in [0.2, 0.25) is 0 Å². The lowest BCUT2D eigenvalue weighted by Gasteiger charge is -2.39. The van der Waals surface area contributed by atoms with E-state index in [2.05, 4.69) is 14.8 Å². The van der Waals surface area contributed by atoms with Crippen LogP contribution in [0.3, 0.4) is 0 Å². The molecule has 1 saturated heterocycles. The lowest BCUT2D eigenvalue weighted by molar-refractivity contribution is -0.162. The number of benzene rings is 2. The molecule has 5 rings (SSSR count). The first-order valence-corrected chi connectivity index (χ1v) is 17.2. The molecule has 276 valence electrons. The highest BCUT2D eigenvalue weighted by Gasteiger charge is 2.46. The van der Waals surface area contributed by atoms with E-state index in [1.165, 1.54) is 69.0 Å². The number of rotatable bonds is 9. The number of aryl methyl sites for hydroxylation is 1. The number of aromatic nitrogens is 4. The van der Waals surface area contributed by atoms with Gasteiger partial charge >= 0.3 is 12.4 Å². The zero-order valence-corrected chi connectivity index (χ0v) is 29.1. The van der Waals surface area contributed by atoms with Crippen molar-refractivity contribution in [1.82, 2.24) is 29.0 Å². The third-order valence-corrected chi connectivity index (χ3v) is 10.5. The number of piperidine rings is 1. The lowest BCUT2D eigenvalue weighted by atomic mass is 9.90. The number of hydrogen-bond acceptors (Lipinski definition) is 7. The molecule has 3 atom stereocenters. The van der Waals surface area contributed by atoms with Gasteiger partial charge in [0.15, 0.2) is 11.6 Å². The van der Waals surface area contributed by atoms with Gasteiger partial charge in [0, 0.05) is 43.5 Å². The van der Waals surface area contributed by atoms with E-state index < -0.39 is 63.9 Å². The average Bonchev–Trinajstić information content (AvgIpc) is 3.39. The number of halogens is 6.